The maximum Gasteiger partial charge on any atom is 0.0303 e. The number of nitrogens with zero attached hydrogens (tertiary/aromatic N) is 2. The van der Waals surface area contributed by atoms with E-state index in [4.69, 9.17) is 0 Å². The van der Waals surface area contributed by atoms with E-state index in [1.54, 1.807) is 0 Å². The third-order valence-corrected chi connectivity index (χ3v) is 4.24. The summed E-state index contributed by atoms with van der Waals surface area (Å²) >= 11 is 0. The molecule has 1 aromatic rings. The highest BCUT2D eigenvalue weighted by atomic mass is 15.2. The fourth-order valence-electron chi connectivity index (χ4n) is 3.41. The predicted molar refractivity (Wildman–Crippen MR) is 60.8 cm³/mol. The summed E-state index contributed by atoms with van der Waals surface area (Å²) in [5.74, 6) is 0.733. The maximum absolute atomic E-state index is 4.25. The Labute approximate surface area is 91.3 Å². The molecule has 2 nitrogen and oxygen atoms in total. The molecule has 2 aliphatic rings. The minimum atomic E-state index is 0.733. The topological polar surface area (TPSA) is 16.1 Å². The molecule has 3 heterocycles. The number of likely N-dealkylation sites (N-methyl/N-ethyl adjacent to an activating group) is 1. The van der Waals surface area contributed by atoms with Crippen LogP contribution in [0.3, 0.4) is 0 Å². The van der Waals surface area contributed by atoms with Gasteiger partial charge in [0.15, 0.2) is 0 Å². The molecule has 0 aromatic carbocycles. The minimum absolute atomic E-state index is 0.733. The summed E-state index contributed by atoms with van der Waals surface area (Å²) < 4.78 is 0. The van der Waals surface area contributed by atoms with E-state index in [1.165, 1.54) is 31.2 Å². The Bertz CT molecular complexity index is 336. The van der Waals surface area contributed by atoms with Crippen molar-refractivity contribution in [1.82, 2.24) is 9.88 Å². The van der Waals surface area contributed by atoms with Gasteiger partial charge in [-0.25, -0.2) is 0 Å². The van der Waals surface area contributed by atoms with Gasteiger partial charge < -0.3 is 0 Å². The van der Waals surface area contributed by atoms with Crippen LogP contribution >= 0.6 is 0 Å². The van der Waals surface area contributed by atoms with Gasteiger partial charge in [0.25, 0.3) is 0 Å². The average molecular weight is 202 g/mol. The first kappa shape index (κ1) is 9.34. The van der Waals surface area contributed by atoms with Gasteiger partial charge in [0, 0.05) is 30.4 Å². The predicted octanol–water partition coefficient (Wildman–Crippen LogP) is 2.42. The van der Waals surface area contributed by atoms with E-state index < -0.39 is 0 Å². The highest BCUT2D eigenvalue weighted by Gasteiger charge is 2.41. The Morgan fingerprint density at radius 1 is 1.40 bits per heavy atom. The van der Waals surface area contributed by atoms with Gasteiger partial charge in [0.05, 0.1) is 0 Å². The molecule has 2 bridgehead atoms. The van der Waals surface area contributed by atoms with E-state index in [-0.39, 0.29) is 0 Å². The van der Waals surface area contributed by atoms with Crippen molar-refractivity contribution >= 4 is 0 Å². The lowest BCUT2D eigenvalue weighted by atomic mass is 9.91. The van der Waals surface area contributed by atoms with E-state index in [2.05, 4.69) is 35.3 Å². The van der Waals surface area contributed by atoms with Crippen LogP contribution < -0.4 is 0 Å². The Balaban J connectivity index is 1.89. The molecule has 2 fully saturated rings. The van der Waals surface area contributed by atoms with Crippen LogP contribution in [-0.4, -0.2) is 29.0 Å². The minimum Gasteiger partial charge on any atom is -0.300 e. The molecule has 0 spiro atoms. The molecule has 0 saturated carbocycles. The summed E-state index contributed by atoms with van der Waals surface area (Å²) in [5, 5.41) is 0. The molecule has 15 heavy (non-hydrogen) atoms. The van der Waals surface area contributed by atoms with Crippen LogP contribution in [0.1, 0.15) is 37.2 Å². The summed E-state index contributed by atoms with van der Waals surface area (Å²) in [6.07, 6.45) is 9.44. The summed E-state index contributed by atoms with van der Waals surface area (Å²) in [5.41, 5.74) is 1.44. The molecule has 1 aromatic heterocycles. The second-order valence-electron chi connectivity index (χ2n) is 4.95. The monoisotopic (exact) mass is 202 g/mol. The van der Waals surface area contributed by atoms with E-state index >= 15 is 0 Å². The van der Waals surface area contributed by atoms with Crippen LogP contribution in [0.4, 0.5) is 0 Å². The molecule has 80 valence electrons. The Kier molecular flexibility index (Phi) is 2.24. The van der Waals surface area contributed by atoms with Gasteiger partial charge in [-0.3, -0.25) is 9.88 Å². The lowest BCUT2D eigenvalue weighted by molar-refractivity contribution is 0.174. The molecule has 3 rings (SSSR count). The standard InChI is InChI=1S/C13H18N2/c1-15-11-5-2-6-13(15)12(8-11)10-4-3-7-14-9-10/h3-4,7,9,11-13H,2,5-6,8H2,1H3/t11-,12+,13+/m0/s1. The SMILES string of the molecule is CN1[C@H]2CCC[C@@H]1[C@@H](c1cccnc1)C2. The van der Waals surface area contributed by atoms with Gasteiger partial charge in [-0.05, 0) is 37.9 Å². The molecular formula is C13H18N2. The van der Waals surface area contributed by atoms with E-state index in [9.17, 15) is 0 Å². The smallest absolute Gasteiger partial charge is 0.0303 e. The first-order valence-corrected chi connectivity index (χ1v) is 5.98. The lowest BCUT2D eigenvalue weighted by Crippen LogP contribution is -2.37. The fourth-order valence-corrected chi connectivity index (χ4v) is 3.41. The molecular weight excluding hydrogens is 184 g/mol. The summed E-state index contributed by atoms with van der Waals surface area (Å²) in [6, 6.07) is 5.91. The number of pyridine rings is 1. The van der Waals surface area contributed by atoms with Crippen LogP contribution in [0.15, 0.2) is 24.5 Å². The van der Waals surface area contributed by atoms with E-state index in [1.807, 2.05) is 6.20 Å². The number of hydrogen-bond donors (Lipinski definition) is 0. The summed E-state index contributed by atoms with van der Waals surface area (Å²) in [4.78, 5) is 6.85. The third kappa shape index (κ3) is 1.48. The molecule has 0 amide bonds. The number of hydrogen-bond acceptors (Lipinski definition) is 2. The fraction of sp³-hybridized carbons (Fsp3) is 0.615. The highest BCUT2D eigenvalue weighted by molar-refractivity contribution is 5.21. The second-order valence-corrected chi connectivity index (χ2v) is 4.95. The van der Waals surface area contributed by atoms with Crippen LogP contribution in [0.2, 0.25) is 0 Å². The molecule has 0 N–H and O–H groups in total. The zero-order valence-electron chi connectivity index (χ0n) is 9.26. The van der Waals surface area contributed by atoms with Crippen molar-refractivity contribution in [3.63, 3.8) is 0 Å². The number of fused-ring (bicyclic) bond motifs is 2. The molecule has 2 aliphatic heterocycles. The van der Waals surface area contributed by atoms with Gasteiger partial charge >= 0.3 is 0 Å². The quantitative estimate of drug-likeness (QED) is 0.695. The van der Waals surface area contributed by atoms with Crippen molar-refractivity contribution in [2.45, 2.75) is 43.7 Å². The van der Waals surface area contributed by atoms with Crippen LogP contribution in [-0.2, 0) is 0 Å². The van der Waals surface area contributed by atoms with Crippen molar-refractivity contribution in [3.8, 4) is 0 Å². The van der Waals surface area contributed by atoms with Gasteiger partial charge in [0.2, 0.25) is 0 Å². The number of rotatable bonds is 1. The maximum atomic E-state index is 4.25. The number of aromatic nitrogens is 1. The van der Waals surface area contributed by atoms with Gasteiger partial charge in [0.1, 0.15) is 0 Å². The molecule has 2 heteroatoms. The Morgan fingerprint density at radius 2 is 2.33 bits per heavy atom. The lowest BCUT2D eigenvalue weighted by Gasteiger charge is -2.32. The Hall–Kier alpha value is -0.890. The summed E-state index contributed by atoms with van der Waals surface area (Å²) in [6.45, 7) is 0. The number of piperidine rings is 1. The van der Waals surface area contributed by atoms with E-state index in [0.29, 0.717) is 0 Å². The van der Waals surface area contributed by atoms with Gasteiger partial charge in [-0.1, -0.05) is 12.5 Å². The van der Waals surface area contributed by atoms with Crippen molar-refractivity contribution in [3.05, 3.63) is 30.1 Å². The van der Waals surface area contributed by atoms with Crippen molar-refractivity contribution in [1.29, 1.82) is 0 Å². The normalized spacial score (nSPS) is 35.7. The zero-order valence-corrected chi connectivity index (χ0v) is 9.26. The summed E-state index contributed by atoms with van der Waals surface area (Å²) in [7, 11) is 2.30. The average Bonchev–Trinajstić information content (AvgIpc) is 2.51. The first-order valence-electron chi connectivity index (χ1n) is 5.98. The zero-order chi connectivity index (χ0) is 10.3. The first-order chi connectivity index (χ1) is 7.36. The van der Waals surface area contributed by atoms with Crippen molar-refractivity contribution < 1.29 is 0 Å². The molecule has 3 atom stereocenters. The molecule has 0 aliphatic carbocycles. The van der Waals surface area contributed by atoms with E-state index in [0.717, 1.165) is 18.0 Å². The molecule has 2 saturated heterocycles. The van der Waals surface area contributed by atoms with Crippen LogP contribution in [0, 0.1) is 0 Å². The largest absolute Gasteiger partial charge is 0.300 e. The third-order valence-electron chi connectivity index (χ3n) is 4.24. The second kappa shape index (κ2) is 3.60. The van der Waals surface area contributed by atoms with Crippen molar-refractivity contribution in [2.75, 3.05) is 7.05 Å². The molecule has 0 unspecified atom stereocenters. The van der Waals surface area contributed by atoms with Crippen LogP contribution in [0.25, 0.3) is 0 Å². The van der Waals surface area contributed by atoms with Gasteiger partial charge in [-0.15, -0.1) is 0 Å². The molecule has 0 radical (unpaired) electrons. The Morgan fingerprint density at radius 3 is 3.07 bits per heavy atom. The van der Waals surface area contributed by atoms with Gasteiger partial charge in [-0.2, -0.15) is 0 Å². The van der Waals surface area contributed by atoms with Crippen molar-refractivity contribution in [2.24, 2.45) is 0 Å². The van der Waals surface area contributed by atoms with Crippen LogP contribution in [0.5, 0.6) is 0 Å². The highest BCUT2D eigenvalue weighted by Crippen LogP contribution is 2.43.